The first-order valence-corrected chi connectivity index (χ1v) is 22.8. The highest BCUT2D eigenvalue weighted by atomic mass is 16.5. The molecule has 5 heteroatoms. The third-order valence-corrected chi connectivity index (χ3v) is 18.3. The fraction of sp³-hybridized carbons (Fsp3) is 0.389. The Morgan fingerprint density at radius 3 is 1.61 bits per heavy atom. The molecule has 3 spiro atoms. The predicted octanol–water partition coefficient (Wildman–Crippen LogP) is 12.3. The average Bonchev–Trinajstić information content (AvgIpc) is 3.94. The van der Waals surface area contributed by atoms with E-state index in [9.17, 15) is 0 Å². The van der Waals surface area contributed by atoms with Crippen LogP contribution in [0.25, 0.3) is 61.7 Å². The third-order valence-electron chi connectivity index (χ3n) is 18.3. The minimum absolute atomic E-state index is 0.0657. The van der Waals surface area contributed by atoms with Gasteiger partial charge in [-0.05, 0) is 157 Å². The van der Waals surface area contributed by atoms with Gasteiger partial charge in [0.15, 0.2) is 11.6 Å². The van der Waals surface area contributed by atoms with Crippen LogP contribution >= 0.6 is 0 Å². The standard InChI is InChI=1S/C54H48N4O/c1-2-8-34(9-3-1)49-55-50(57-51(56-49)58-47-12-6-4-10-43(47)44-11-5-7-13-48(44)58)35-16-14-33(15-17-35)36-18-19-45-46(25-36)53(39-21-31-20-32(23-39)24-40(53)22-31)59-54(45)41-27-37-26-38-28-42(54)30-52(37,38)29-41/h1-19,25,31-32,37-42H,20-24,26-30H2. The number of hydrogen-bond donors (Lipinski definition) is 0. The van der Waals surface area contributed by atoms with E-state index in [0.29, 0.717) is 46.7 Å². The van der Waals surface area contributed by atoms with E-state index >= 15 is 0 Å². The molecule has 3 heterocycles. The van der Waals surface area contributed by atoms with E-state index in [1.54, 1.807) is 11.1 Å². The van der Waals surface area contributed by atoms with Crippen LogP contribution < -0.4 is 0 Å². The van der Waals surface area contributed by atoms with Crippen molar-refractivity contribution in [1.82, 2.24) is 19.5 Å². The topological polar surface area (TPSA) is 52.8 Å². The molecule has 2 aromatic heterocycles. The molecule has 4 atom stereocenters. The molecule has 0 amide bonds. The Bertz CT molecular complexity index is 2810. The number of ether oxygens (including phenoxy) is 1. The van der Waals surface area contributed by atoms with Gasteiger partial charge in [-0.25, -0.2) is 4.98 Å². The molecule has 0 radical (unpaired) electrons. The van der Waals surface area contributed by atoms with Crippen LogP contribution in [0.5, 0.6) is 0 Å². The lowest BCUT2D eigenvalue weighted by atomic mass is 9.48. The van der Waals surface area contributed by atoms with E-state index in [0.717, 1.165) is 45.8 Å². The maximum Gasteiger partial charge on any atom is 0.238 e. The van der Waals surface area contributed by atoms with Crippen LogP contribution in [0, 0.1) is 52.8 Å². The molecule has 5 nitrogen and oxygen atoms in total. The Hall–Kier alpha value is -5.13. The second-order valence-electron chi connectivity index (χ2n) is 20.5. The summed E-state index contributed by atoms with van der Waals surface area (Å²) in [5.41, 5.74) is 10.4. The molecular formula is C54H48N4O. The van der Waals surface area contributed by atoms with Crippen LogP contribution in [0.3, 0.4) is 0 Å². The maximum absolute atomic E-state index is 8.24. The van der Waals surface area contributed by atoms with Crippen molar-refractivity contribution < 1.29 is 4.74 Å². The summed E-state index contributed by atoms with van der Waals surface area (Å²) in [6.07, 6.45) is 14.2. The molecule has 0 saturated heterocycles. The minimum atomic E-state index is -0.101. The molecule has 8 fully saturated rings. The van der Waals surface area contributed by atoms with Crippen molar-refractivity contribution in [3.63, 3.8) is 0 Å². The van der Waals surface area contributed by atoms with Gasteiger partial charge in [-0.15, -0.1) is 0 Å². The smallest absolute Gasteiger partial charge is 0.238 e. The van der Waals surface area contributed by atoms with E-state index < -0.39 is 0 Å². The van der Waals surface area contributed by atoms with E-state index in [4.69, 9.17) is 19.7 Å². The second kappa shape index (κ2) is 11.2. The van der Waals surface area contributed by atoms with Gasteiger partial charge in [0.1, 0.15) is 11.2 Å². The van der Waals surface area contributed by atoms with E-state index in [1.807, 2.05) is 6.07 Å². The van der Waals surface area contributed by atoms with Gasteiger partial charge in [-0.3, -0.25) is 4.57 Å². The molecule has 7 bridgehead atoms. The quantitative estimate of drug-likeness (QED) is 0.179. The van der Waals surface area contributed by atoms with Crippen molar-refractivity contribution in [3.8, 4) is 39.9 Å². The summed E-state index contributed by atoms with van der Waals surface area (Å²) in [5.74, 6) is 8.49. The molecule has 8 aliphatic carbocycles. The van der Waals surface area contributed by atoms with Crippen LogP contribution in [-0.2, 0) is 15.9 Å². The molecule has 16 rings (SSSR count). The van der Waals surface area contributed by atoms with Gasteiger partial charge in [0, 0.05) is 21.9 Å². The lowest BCUT2D eigenvalue weighted by molar-refractivity contribution is -0.281. The summed E-state index contributed by atoms with van der Waals surface area (Å²) in [4.78, 5) is 15.5. The third kappa shape index (κ3) is 4.05. The molecule has 8 saturated carbocycles. The van der Waals surface area contributed by atoms with Gasteiger partial charge in [-0.2, -0.15) is 9.97 Å². The Morgan fingerprint density at radius 2 is 0.966 bits per heavy atom. The lowest BCUT2D eigenvalue weighted by Crippen LogP contribution is -2.57. The summed E-state index contributed by atoms with van der Waals surface area (Å²) in [5, 5.41) is 2.38. The normalized spacial score (nSPS) is 36.3. The Labute approximate surface area is 345 Å². The predicted molar refractivity (Wildman–Crippen MR) is 231 cm³/mol. The lowest BCUT2D eigenvalue weighted by Gasteiger charge is -2.61. The van der Waals surface area contributed by atoms with Gasteiger partial charge in [0.25, 0.3) is 0 Å². The molecular weight excluding hydrogens is 721 g/mol. The highest BCUT2D eigenvalue weighted by molar-refractivity contribution is 6.09. The maximum atomic E-state index is 8.24. The van der Waals surface area contributed by atoms with Gasteiger partial charge >= 0.3 is 0 Å². The molecule has 0 N–H and O–H groups in total. The number of hydrogen-bond acceptors (Lipinski definition) is 4. The summed E-state index contributed by atoms with van der Waals surface area (Å²) in [6.45, 7) is 0. The van der Waals surface area contributed by atoms with E-state index in [2.05, 4.69) is 120 Å². The number of para-hydroxylation sites is 2. The first-order valence-electron chi connectivity index (χ1n) is 22.8. The van der Waals surface area contributed by atoms with Gasteiger partial charge in [0.2, 0.25) is 5.95 Å². The fourth-order valence-corrected chi connectivity index (χ4v) is 16.3. The second-order valence-corrected chi connectivity index (χ2v) is 20.5. The summed E-state index contributed by atoms with van der Waals surface area (Å²) < 4.78 is 10.4. The number of rotatable bonds is 4. The van der Waals surface area contributed by atoms with Crippen molar-refractivity contribution in [3.05, 3.63) is 132 Å². The van der Waals surface area contributed by atoms with Crippen molar-refractivity contribution in [2.75, 3.05) is 0 Å². The van der Waals surface area contributed by atoms with Crippen molar-refractivity contribution in [2.45, 2.75) is 75.4 Å². The Balaban J connectivity index is 0.857. The number of fused-ring (bicyclic) bond motifs is 9. The Kier molecular flexibility index (Phi) is 6.19. The molecule has 7 aromatic rings. The average molecular weight is 769 g/mol. The molecule has 59 heavy (non-hydrogen) atoms. The fourth-order valence-electron chi connectivity index (χ4n) is 16.3. The van der Waals surface area contributed by atoms with Crippen molar-refractivity contribution in [1.29, 1.82) is 0 Å². The van der Waals surface area contributed by atoms with Crippen LogP contribution in [0.1, 0.15) is 75.3 Å². The zero-order valence-electron chi connectivity index (χ0n) is 33.4. The van der Waals surface area contributed by atoms with Gasteiger partial charge < -0.3 is 4.74 Å². The highest BCUT2D eigenvalue weighted by Crippen LogP contribution is 2.82. The summed E-state index contributed by atoms with van der Waals surface area (Å²) >= 11 is 0. The molecule has 4 unspecified atom stereocenters. The minimum Gasteiger partial charge on any atom is -0.358 e. The first-order chi connectivity index (χ1) is 29.1. The summed E-state index contributed by atoms with van der Waals surface area (Å²) in [7, 11) is 0. The van der Waals surface area contributed by atoms with Gasteiger partial charge in [-0.1, -0.05) is 103 Å². The van der Waals surface area contributed by atoms with Crippen molar-refractivity contribution in [2.24, 2.45) is 52.8 Å². The zero-order valence-corrected chi connectivity index (χ0v) is 33.4. The number of benzene rings is 5. The van der Waals surface area contributed by atoms with E-state index in [-0.39, 0.29) is 11.2 Å². The molecule has 9 aliphatic rings. The van der Waals surface area contributed by atoms with Crippen molar-refractivity contribution >= 4 is 21.8 Å². The van der Waals surface area contributed by atoms with Crippen LogP contribution in [0.4, 0.5) is 0 Å². The molecule has 5 aromatic carbocycles. The number of nitrogens with zero attached hydrogens (tertiary/aromatic N) is 4. The van der Waals surface area contributed by atoms with E-state index in [1.165, 1.54) is 86.1 Å². The molecule has 1 aliphatic heterocycles. The van der Waals surface area contributed by atoms with Crippen LogP contribution in [-0.4, -0.2) is 19.5 Å². The summed E-state index contributed by atoms with van der Waals surface area (Å²) in [6, 6.07) is 44.2. The molecule has 290 valence electrons. The monoisotopic (exact) mass is 768 g/mol. The first kappa shape index (κ1) is 32.7. The largest absolute Gasteiger partial charge is 0.358 e. The number of aromatic nitrogens is 4. The van der Waals surface area contributed by atoms with Crippen LogP contribution in [0.2, 0.25) is 0 Å². The zero-order chi connectivity index (χ0) is 38.2. The SMILES string of the molecule is c1ccc(-c2nc(-c3ccc(-c4ccc5c(c4)C4(OC56C5CC7CC8CC6CC78C5)C5CC6CC(C5)CC4C6)cc3)nc(-n3c4ccccc4c4ccccc43)n2)cc1. The Morgan fingerprint density at radius 1 is 0.441 bits per heavy atom. The van der Waals surface area contributed by atoms with Gasteiger partial charge in [0.05, 0.1) is 11.0 Å². The van der Waals surface area contributed by atoms with Crippen LogP contribution in [0.15, 0.2) is 121 Å². The highest BCUT2D eigenvalue weighted by Gasteiger charge is 2.78.